The molecule has 5 nitrogen and oxygen atoms in total. The van der Waals surface area contributed by atoms with Gasteiger partial charge >= 0.3 is 0 Å². The van der Waals surface area contributed by atoms with E-state index >= 15 is 0 Å². The van der Waals surface area contributed by atoms with Crippen molar-refractivity contribution in [2.24, 2.45) is 5.92 Å². The Morgan fingerprint density at radius 1 is 1.47 bits per heavy atom. The number of hydrogen-bond donors (Lipinski definition) is 1. The number of nitrogens with zero attached hydrogens (tertiary/aromatic N) is 1. The number of ether oxygens (including phenoxy) is 1. The second-order valence-corrected chi connectivity index (χ2v) is 5.61. The number of carbonyl (C=O) groups is 2. The van der Waals surface area contributed by atoms with Crippen molar-refractivity contribution in [3.05, 3.63) is 0 Å². The molecule has 2 fully saturated rings. The van der Waals surface area contributed by atoms with Crippen LogP contribution < -0.4 is 5.32 Å². The van der Waals surface area contributed by atoms with Gasteiger partial charge in [-0.05, 0) is 25.2 Å². The van der Waals surface area contributed by atoms with Gasteiger partial charge in [-0.1, -0.05) is 20.3 Å². The molecule has 2 saturated heterocycles. The smallest absolute Gasteiger partial charge is 0.245 e. The molecular formula is C14H24N2O3. The number of carbonyl (C=O) groups excluding carboxylic acids is 2. The van der Waals surface area contributed by atoms with Crippen LogP contribution in [0.25, 0.3) is 0 Å². The SMILES string of the molecule is CCC(C)C1NC(=O)CN(CCC2CCCO2)C1=O. The normalized spacial score (nSPS) is 29.5. The van der Waals surface area contributed by atoms with Gasteiger partial charge in [0, 0.05) is 13.2 Å². The quantitative estimate of drug-likeness (QED) is 0.807. The molecule has 0 saturated carbocycles. The summed E-state index contributed by atoms with van der Waals surface area (Å²) in [6.45, 7) is 5.69. The van der Waals surface area contributed by atoms with E-state index in [1.165, 1.54) is 0 Å². The van der Waals surface area contributed by atoms with E-state index in [-0.39, 0.29) is 36.4 Å². The van der Waals surface area contributed by atoms with E-state index in [4.69, 9.17) is 4.74 Å². The van der Waals surface area contributed by atoms with Crippen LogP contribution in [0.3, 0.4) is 0 Å². The highest BCUT2D eigenvalue weighted by Crippen LogP contribution is 2.18. The summed E-state index contributed by atoms with van der Waals surface area (Å²) in [5.41, 5.74) is 0. The number of piperazine rings is 1. The number of hydrogen-bond acceptors (Lipinski definition) is 3. The van der Waals surface area contributed by atoms with Crippen LogP contribution in [0.4, 0.5) is 0 Å². The van der Waals surface area contributed by atoms with E-state index in [0.29, 0.717) is 6.54 Å². The molecule has 0 aromatic rings. The van der Waals surface area contributed by atoms with Crippen molar-refractivity contribution >= 4 is 11.8 Å². The van der Waals surface area contributed by atoms with Crippen molar-refractivity contribution in [2.45, 2.75) is 51.7 Å². The molecule has 5 heteroatoms. The Morgan fingerprint density at radius 3 is 2.89 bits per heavy atom. The van der Waals surface area contributed by atoms with Gasteiger partial charge in [-0.25, -0.2) is 0 Å². The predicted octanol–water partition coefficient (Wildman–Crippen LogP) is 0.929. The summed E-state index contributed by atoms with van der Waals surface area (Å²) in [6, 6.07) is -0.351. The summed E-state index contributed by atoms with van der Waals surface area (Å²) in [6.07, 6.45) is 4.17. The van der Waals surface area contributed by atoms with Gasteiger partial charge in [-0.3, -0.25) is 9.59 Å². The van der Waals surface area contributed by atoms with Gasteiger partial charge in [-0.15, -0.1) is 0 Å². The van der Waals surface area contributed by atoms with Crippen molar-refractivity contribution in [1.29, 1.82) is 0 Å². The maximum Gasteiger partial charge on any atom is 0.245 e. The van der Waals surface area contributed by atoms with E-state index in [9.17, 15) is 9.59 Å². The second-order valence-electron chi connectivity index (χ2n) is 5.61. The first-order valence-electron chi connectivity index (χ1n) is 7.31. The van der Waals surface area contributed by atoms with E-state index in [2.05, 4.69) is 5.32 Å². The fraction of sp³-hybridized carbons (Fsp3) is 0.857. The molecule has 3 atom stereocenters. The zero-order valence-electron chi connectivity index (χ0n) is 11.9. The molecule has 0 spiro atoms. The lowest BCUT2D eigenvalue weighted by Crippen LogP contribution is -2.60. The fourth-order valence-electron chi connectivity index (χ4n) is 2.71. The van der Waals surface area contributed by atoms with E-state index < -0.39 is 0 Å². The van der Waals surface area contributed by atoms with Crippen LogP contribution in [0.15, 0.2) is 0 Å². The van der Waals surface area contributed by atoms with E-state index in [1.807, 2.05) is 13.8 Å². The van der Waals surface area contributed by atoms with Crippen molar-refractivity contribution in [2.75, 3.05) is 19.7 Å². The molecule has 0 aliphatic carbocycles. The standard InChI is InChI=1S/C14H24N2O3/c1-3-10(2)13-14(18)16(9-12(17)15-13)7-6-11-5-4-8-19-11/h10-11,13H,3-9H2,1-2H3,(H,15,17). The molecule has 0 bridgehead atoms. The third-order valence-electron chi connectivity index (χ3n) is 4.19. The van der Waals surface area contributed by atoms with Gasteiger partial charge in [-0.2, -0.15) is 0 Å². The molecule has 2 aliphatic heterocycles. The minimum atomic E-state index is -0.351. The average Bonchev–Trinajstić information content (AvgIpc) is 2.91. The first kappa shape index (κ1) is 14.3. The third-order valence-corrected chi connectivity index (χ3v) is 4.19. The van der Waals surface area contributed by atoms with Crippen LogP contribution >= 0.6 is 0 Å². The highest BCUT2D eigenvalue weighted by Gasteiger charge is 2.35. The summed E-state index contributed by atoms with van der Waals surface area (Å²) in [5.74, 6) is 0.200. The Morgan fingerprint density at radius 2 is 2.26 bits per heavy atom. The minimum absolute atomic E-state index is 0.0442. The summed E-state index contributed by atoms with van der Waals surface area (Å²) in [5, 5.41) is 2.81. The maximum absolute atomic E-state index is 12.3. The molecule has 2 amide bonds. The average molecular weight is 268 g/mol. The summed E-state index contributed by atoms with van der Waals surface area (Å²) >= 11 is 0. The van der Waals surface area contributed by atoms with Crippen molar-refractivity contribution in [3.63, 3.8) is 0 Å². The van der Waals surface area contributed by atoms with Gasteiger partial charge < -0.3 is 15.0 Å². The van der Waals surface area contributed by atoms with Crippen LogP contribution in [0.2, 0.25) is 0 Å². The summed E-state index contributed by atoms with van der Waals surface area (Å²) in [4.78, 5) is 25.7. The Bertz CT molecular complexity index is 340. The highest BCUT2D eigenvalue weighted by molar-refractivity contribution is 5.95. The Balaban J connectivity index is 1.90. The van der Waals surface area contributed by atoms with Crippen LogP contribution in [0.5, 0.6) is 0 Å². The van der Waals surface area contributed by atoms with Crippen LogP contribution in [-0.2, 0) is 14.3 Å². The largest absolute Gasteiger partial charge is 0.378 e. The third kappa shape index (κ3) is 3.47. The number of amides is 2. The topological polar surface area (TPSA) is 58.6 Å². The lowest BCUT2D eigenvalue weighted by atomic mass is 9.96. The van der Waals surface area contributed by atoms with Gasteiger partial charge in [0.2, 0.25) is 11.8 Å². The minimum Gasteiger partial charge on any atom is -0.378 e. The molecule has 0 aromatic carbocycles. The van der Waals surface area contributed by atoms with Crippen molar-refractivity contribution < 1.29 is 14.3 Å². The lowest BCUT2D eigenvalue weighted by Gasteiger charge is -2.35. The molecular weight excluding hydrogens is 244 g/mol. The highest BCUT2D eigenvalue weighted by atomic mass is 16.5. The van der Waals surface area contributed by atoms with E-state index in [0.717, 1.165) is 32.3 Å². The number of rotatable bonds is 5. The van der Waals surface area contributed by atoms with Crippen LogP contribution in [0.1, 0.15) is 39.5 Å². The lowest BCUT2D eigenvalue weighted by molar-refractivity contribution is -0.146. The van der Waals surface area contributed by atoms with Gasteiger partial charge in [0.05, 0.1) is 12.6 Å². The molecule has 19 heavy (non-hydrogen) atoms. The van der Waals surface area contributed by atoms with Gasteiger partial charge in [0.1, 0.15) is 6.04 Å². The van der Waals surface area contributed by atoms with Crippen LogP contribution in [0, 0.1) is 5.92 Å². The molecule has 0 aromatic heterocycles. The zero-order chi connectivity index (χ0) is 13.8. The molecule has 2 aliphatic rings. The van der Waals surface area contributed by atoms with Gasteiger partial charge in [0.15, 0.2) is 0 Å². The first-order chi connectivity index (χ1) is 9.11. The Labute approximate surface area is 114 Å². The van der Waals surface area contributed by atoms with Crippen molar-refractivity contribution in [1.82, 2.24) is 10.2 Å². The van der Waals surface area contributed by atoms with Crippen molar-refractivity contribution in [3.8, 4) is 0 Å². The first-order valence-corrected chi connectivity index (χ1v) is 7.31. The molecule has 2 heterocycles. The maximum atomic E-state index is 12.3. The number of nitrogens with one attached hydrogen (secondary N) is 1. The Kier molecular flexibility index (Phi) is 4.80. The van der Waals surface area contributed by atoms with E-state index in [1.54, 1.807) is 4.90 Å². The Hall–Kier alpha value is -1.10. The fourth-order valence-corrected chi connectivity index (χ4v) is 2.71. The monoisotopic (exact) mass is 268 g/mol. The molecule has 3 unspecified atom stereocenters. The molecule has 0 radical (unpaired) electrons. The predicted molar refractivity (Wildman–Crippen MR) is 71.6 cm³/mol. The molecule has 108 valence electrons. The molecule has 2 rings (SSSR count). The summed E-state index contributed by atoms with van der Waals surface area (Å²) < 4.78 is 5.56. The van der Waals surface area contributed by atoms with Gasteiger partial charge in [0.25, 0.3) is 0 Å². The second kappa shape index (κ2) is 6.37. The molecule has 1 N–H and O–H groups in total. The summed E-state index contributed by atoms with van der Waals surface area (Å²) in [7, 11) is 0. The zero-order valence-corrected chi connectivity index (χ0v) is 11.9. The van der Waals surface area contributed by atoms with Crippen LogP contribution in [-0.4, -0.2) is 48.6 Å².